The second-order valence-corrected chi connectivity index (χ2v) is 4.04. The van der Waals surface area contributed by atoms with E-state index in [1.54, 1.807) is 6.07 Å². The molecule has 1 unspecified atom stereocenters. The topological polar surface area (TPSA) is 38.7 Å². The molecule has 1 aromatic carbocycles. The fourth-order valence-electron chi connectivity index (χ4n) is 1.46. The molecule has 0 aromatic heterocycles. The summed E-state index contributed by atoms with van der Waals surface area (Å²) in [6.45, 7) is 1.86. The molecule has 0 aliphatic rings. The van der Waals surface area contributed by atoms with Crippen LogP contribution in [-0.4, -0.2) is 19.3 Å². The molecule has 0 aliphatic carbocycles. The van der Waals surface area contributed by atoms with Crippen molar-refractivity contribution in [2.45, 2.75) is 19.4 Å². The van der Waals surface area contributed by atoms with Gasteiger partial charge in [-0.15, -0.1) is 0 Å². The minimum Gasteiger partial charge on any atom is -0.495 e. The highest BCUT2D eigenvalue weighted by atomic mass is 35.5. The number of hydrogen-bond donors (Lipinski definition) is 1. The van der Waals surface area contributed by atoms with E-state index in [1.165, 1.54) is 14.2 Å². The predicted octanol–water partition coefficient (Wildman–Crippen LogP) is 3.45. The van der Waals surface area contributed by atoms with E-state index in [0.717, 1.165) is 0 Å². The van der Waals surface area contributed by atoms with Gasteiger partial charge in [0.2, 0.25) is 0 Å². The van der Waals surface area contributed by atoms with Gasteiger partial charge in [-0.1, -0.05) is 30.1 Å². The highest BCUT2D eigenvalue weighted by Gasteiger charge is 2.20. The first-order chi connectivity index (χ1) is 7.56. The standard InChI is InChI=1S/C11H14Cl2O3/c1-4-8(14)6-5-7(12)11(16-3)9(13)10(6)15-2/h5,8,14H,4H2,1-3H3. The molecule has 0 spiro atoms. The minimum absolute atomic E-state index is 0.278. The second-order valence-electron chi connectivity index (χ2n) is 3.25. The molecular formula is C11H14Cl2O3. The van der Waals surface area contributed by atoms with Crippen LogP contribution in [-0.2, 0) is 0 Å². The number of rotatable bonds is 4. The van der Waals surface area contributed by atoms with Gasteiger partial charge in [0.05, 0.1) is 25.3 Å². The zero-order chi connectivity index (χ0) is 12.3. The van der Waals surface area contributed by atoms with Crippen molar-refractivity contribution < 1.29 is 14.6 Å². The summed E-state index contributed by atoms with van der Waals surface area (Å²) in [7, 11) is 2.96. The number of halogens is 2. The predicted molar refractivity (Wildman–Crippen MR) is 64.8 cm³/mol. The van der Waals surface area contributed by atoms with E-state index >= 15 is 0 Å². The van der Waals surface area contributed by atoms with Crippen LogP contribution in [0.5, 0.6) is 11.5 Å². The van der Waals surface area contributed by atoms with Crippen LogP contribution >= 0.6 is 23.2 Å². The van der Waals surface area contributed by atoms with Crippen LogP contribution in [0, 0.1) is 0 Å². The summed E-state index contributed by atoms with van der Waals surface area (Å²) in [6, 6.07) is 1.61. The summed E-state index contributed by atoms with van der Waals surface area (Å²) in [5.74, 6) is 0.754. The van der Waals surface area contributed by atoms with Crippen molar-refractivity contribution in [3.63, 3.8) is 0 Å². The van der Waals surface area contributed by atoms with Gasteiger partial charge in [0.1, 0.15) is 10.8 Å². The zero-order valence-electron chi connectivity index (χ0n) is 9.38. The third-order valence-electron chi connectivity index (χ3n) is 2.31. The number of ether oxygens (including phenoxy) is 2. The van der Waals surface area contributed by atoms with E-state index in [9.17, 15) is 5.11 Å². The molecule has 1 atom stereocenters. The Balaban J connectivity index is 3.40. The van der Waals surface area contributed by atoms with E-state index in [0.29, 0.717) is 28.5 Å². The lowest BCUT2D eigenvalue weighted by Crippen LogP contribution is -2.01. The van der Waals surface area contributed by atoms with Gasteiger partial charge in [0, 0.05) is 5.56 Å². The fraction of sp³-hybridized carbons (Fsp3) is 0.455. The molecule has 5 heteroatoms. The number of benzene rings is 1. The largest absolute Gasteiger partial charge is 0.495 e. The van der Waals surface area contributed by atoms with Crippen LogP contribution in [0.3, 0.4) is 0 Å². The Bertz CT molecular complexity index is 380. The molecule has 0 amide bonds. The van der Waals surface area contributed by atoms with Crippen molar-refractivity contribution in [2.75, 3.05) is 14.2 Å². The molecule has 0 radical (unpaired) electrons. The van der Waals surface area contributed by atoms with E-state index in [2.05, 4.69) is 0 Å². The lowest BCUT2D eigenvalue weighted by molar-refractivity contribution is 0.169. The Hall–Kier alpha value is -0.640. The number of hydrogen-bond acceptors (Lipinski definition) is 3. The third kappa shape index (κ3) is 2.37. The molecule has 3 nitrogen and oxygen atoms in total. The molecular weight excluding hydrogens is 251 g/mol. The van der Waals surface area contributed by atoms with Gasteiger partial charge >= 0.3 is 0 Å². The van der Waals surface area contributed by atoms with Crippen molar-refractivity contribution in [3.05, 3.63) is 21.7 Å². The summed E-state index contributed by atoms with van der Waals surface area (Å²) < 4.78 is 10.2. The molecule has 16 heavy (non-hydrogen) atoms. The number of aliphatic hydroxyl groups is 1. The Kier molecular flexibility index (Phi) is 4.71. The molecule has 90 valence electrons. The van der Waals surface area contributed by atoms with Crippen LogP contribution in [0.1, 0.15) is 25.0 Å². The molecule has 0 saturated heterocycles. The molecule has 0 saturated carbocycles. The summed E-state index contributed by atoms with van der Waals surface area (Å²) >= 11 is 12.1. The van der Waals surface area contributed by atoms with Crippen LogP contribution in [0.25, 0.3) is 0 Å². The Morgan fingerprint density at radius 3 is 2.25 bits per heavy atom. The monoisotopic (exact) mass is 264 g/mol. The highest BCUT2D eigenvalue weighted by molar-refractivity contribution is 6.38. The Labute approximate surface area is 105 Å². The van der Waals surface area contributed by atoms with Gasteiger partial charge in [-0.2, -0.15) is 0 Å². The number of aliphatic hydroxyl groups excluding tert-OH is 1. The fourth-order valence-corrected chi connectivity index (χ4v) is 2.17. The van der Waals surface area contributed by atoms with Crippen molar-refractivity contribution in [2.24, 2.45) is 0 Å². The lowest BCUT2D eigenvalue weighted by atomic mass is 10.1. The van der Waals surface area contributed by atoms with Crippen LogP contribution in [0.4, 0.5) is 0 Å². The Morgan fingerprint density at radius 2 is 1.81 bits per heavy atom. The SMILES string of the molecule is CCC(O)c1cc(Cl)c(OC)c(Cl)c1OC. The smallest absolute Gasteiger partial charge is 0.159 e. The van der Waals surface area contributed by atoms with Crippen LogP contribution < -0.4 is 9.47 Å². The molecule has 1 rings (SSSR count). The van der Waals surface area contributed by atoms with E-state index in [-0.39, 0.29) is 5.02 Å². The maximum atomic E-state index is 9.82. The average Bonchev–Trinajstić information content (AvgIpc) is 2.28. The van der Waals surface area contributed by atoms with Gasteiger partial charge in [-0.05, 0) is 12.5 Å². The van der Waals surface area contributed by atoms with Gasteiger partial charge in [0.25, 0.3) is 0 Å². The van der Waals surface area contributed by atoms with Gasteiger partial charge < -0.3 is 14.6 Å². The molecule has 0 aliphatic heterocycles. The summed E-state index contributed by atoms with van der Waals surface area (Å²) in [5.41, 5.74) is 0.570. The lowest BCUT2D eigenvalue weighted by Gasteiger charge is -2.17. The van der Waals surface area contributed by atoms with Crippen molar-refractivity contribution in [1.29, 1.82) is 0 Å². The van der Waals surface area contributed by atoms with Crippen molar-refractivity contribution >= 4 is 23.2 Å². The van der Waals surface area contributed by atoms with E-state index < -0.39 is 6.10 Å². The first kappa shape index (κ1) is 13.4. The first-order valence-corrected chi connectivity index (χ1v) is 5.60. The quantitative estimate of drug-likeness (QED) is 0.906. The van der Waals surface area contributed by atoms with Crippen LogP contribution in [0.15, 0.2) is 6.07 Å². The molecule has 0 heterocycles. The normalized spacial score (nSPS) is 12.4. The molecule has 1 N–H and O–H groups in total. The second kappa shape index (κ2) is 5.62. The molecule has 1 aromatic rings. The van der Waals surface area contributed by atoms with E-state index in [4.69, 9.17) is 32.7 Å². The van der Waals surface area contributed by atoms with Crippen molar-refractivity contribution in [1.82, 2.24) is 0 Å². The zero-order valence-corrected chi connectivity index (χ0v) is 10.9. The minimum atomic E-state index is -0.657. The summed E-state index contributed by atoms with van der Waals surface area (Å²) in [5, 5.41) is 10.5. The molecule has 0 bridgehead atoms. The maximum absolute atomic E-state index is 9.82. The van der Waals surface area contributed by atoms with Crippen LogP contribution in [0.2, 0.25) is 10.0 Å². The average molecular weight is 265 g/mol. The van der Waals surface area contributed by atoms with Gasteiger partial charge in [-0.25, -0.2) is 0 Å². The first-order valence-electron chi connectivity index (χ1n) is 4.84. The maximum Gasteiger partial charge on any atom is 0.159 e. The summed E-state index contributed by atoms with van der Waals surface area (Å²) in [4.78, 5) is 0. The van der Waals surface area contributed by atoms with Crippen molar-refractivity contribution in [3.8, 4) is 11.5 Å². The Morgan fingerprint density at radius 1 is 1.25 bits per heavy atom. The third-order valence-corrected chi connectivity index (χ3v) is 2.94. The highest BCUT2D eigenvalue weighted by Crippen LogP contribution is 2.44. The van der Waals surface area contributed by atoms with Gasteiger partial charge in [-0.3, -0.25) is 0 Å². The van der Waals surface area contributed by atoms with E-state index in [1.807, 2.05) is 6.92 Å². The van der Waals surface area contributed by atoms with Gasteiger partial charge in [0.15, 0.2) is 5.75 Å². The number of methoxy groups -OCH3 is 2. The molecule has 0 fully saturated rings. The summed E-state index contributed by atoms with van der Waals surface area (Å²) in [6.07, 6.45) is -0.106.